The van der Waals surface area contributed by atoms with Crippen molar-refractivity contribution in [3.8, 4) is 0 Å². The Bertz CT molecular complexity index is 264. The highest BCUT2D eigenvalue weighted by atomic mass is 16.2. The van der Waals surface area contributed by atoms with Crippen molar-refractivity contribution in [2.75, 3.05) is 39.8 Å². The Morgan fingerprint density at radius 1 is 1.33 bits per heavy atom. The van der Waals surface area contributed by atoms with Crippen LogP contribution in [0.4, 0.5) is 0 Å². The summed E-state index contributed by atoms with van der Waals surface area (Å²) in [7, 11) is 2.11. The molecular formula is C10H17N3O2. The molecule has 1 unspecified atom stereocenters. The number of likely N-dealkylation sites (tertiary alicyclic amines) is 1. The van der Waals surface area contributed by atoms with Gasteiger partial charge in [0.2, 0.25) is 11.8 Å². The van der Waals surface area contributed by atoms with Gasteiger partial charge >= 0.3 is 0 Å². The predicted octanol–water partition coefficient (Wildman–Crippen LogP) is -1.10. The summed E-state index contributed by atoms with van der Waals surface area (Å²) in [6, 6.07) is 0. The van der Waals surface area contributed by atoms with Gasteiger partial charge in [0.15, 0.2) is 0 Å². The number of nitrogens with one attached hydrogen (secondary N) is 1. The molecule has 5 nitrogen and oxygen atoms in total. The number of imide groups is 1. The Morgan fingerprint density at radius 2 is 2.00 bits per heavy atom. The molecule has 0 radical (unpaired) electrons. The van der Waals surface area contributed by atoms with Crippen molar-refractivity contribution in [1.29, 1.82) is 0 Å². The molecule has 1 atom stereocenters. The fourth-order valence-corrected chi connectivity index (χ4v) is 2.37. The molecular weight excluding hydrogens is 194 g/mol. The van der Waals surface area contributed by atoms with Gasteiger partial charge in [-0.2, -0.15) is 0 Å². The zero-order valence-corrected chi connectivity index (χ0v) is 9.03. The zero-order chi connectivity index (χ0) is 10.8. The highest BCUT2D eigenvalue weighted by Crippen LogP contribution is 2.15. The number of amides is 2. The van der Waals surface area contributed by atoms with E-state index in [-0.39, 0.29) is 11.8 Å². The maximum atomic E-state index is 11.1. The summed E-state index contributed by atoms with van der Waals surface area (Å²) in [5.41, 5.74) is 0. The van der Waals surface area contributed by atoms with E-state index in [0.717, 1.165) is 19.6 Å². The Balaban J connectivity index is 1.83. The van der Waals surface area contributed by atoms with Crippen LogP contribution in [0, 0.1) is 5.92 Å². The van der Waals surface area contributed by atoms with E-state index in [0.29, 0.717) is 19.0 Å². The molecule has 0 aromatic rings. The number of carbonyl (C=O) groups excluding carboxylic acids is 2. The van der Waals surface area contributed by atoms with Gasteiger partial charge in [0, 0.05) is 13.1 Å². The zero-order valence-electron chi connectivity index (χ0n) is 9.03. The Labute approximate surface area is 89.4 Å². The van der Waals surface area contributed by atoms with Crippen molar-refractivity contribution in [2.45, 2.75) is 6.42 Å². The number of hydrogen-bond donors (Lipinski definition) is 1. The second kappa shape index (κ2) is 4.28. The minimum Gasteiger partial charge on any atom is -0.306 e. The van der Waals surface area contributed by atoms with Crippen LogP contribution < -0.4 is 5.32 Å². The predicted molar refractivity (Wildman–Crippen MR) is 55.2 cm³/mol. The molecule has 0 aliphatic carbocycles. The summed E-state index contributed by atoms with van der Waals surface area (Å²) in [6.07, 6.45) is 1.17. The first-order valence-electron chi connectivity index (χ1n) is 5.37. The molecule has 2 fully saturated rings. The minimum atomic E-state index is -0.169. The lowest BCUT2D eigenvalue weighted by Gasteiger charge is -2.27. The molecule has 1 N–H and O–H groups in total. The van der Waals surface area contributed by atoms with Gasteiger partial charge < -0.3 is 4.90 Å². The highest BCUT2D eigenvalue weighted by molar-refractivity contribution is 5.99. The first-order chi connectivity index (χ1) is 7.13. The van der Waals surface area contributed by atoms with Crippen LogP contribution in [0.2, 0.25) is 0 Å². The van der Waals surface area contributed by atoms with Gasteiger partial charge in [-0.3, -0.25) is 19.8 Å². The Morgan fingerprint density at radius 3 is 2.53 bits per heavy atom. The van der Waals surface area contributed by atoms with E-state index in [1.165, 1.54) is 6.42 Å². The Kier molecular flexibility index (Phi) is 3.02. The first kappa shape index (κ1) is 10.6. The third-order valence-corrected chi connectivity index (χ3v) is 3.02. The SMILES string of the molecule is CN1CCC(CN2CC(=O)NC(=O)C2)C1. The fourth-order valence-electron chi connectivity index (χ4n) is 2.37. The molecule has 2 heterocycles. The van der Waals surface area contributed by atoms with Crippen LogP contribution in [0.3, 0.4) is 0 Å². The number of piperazine rings is 1. The lowest BCUT2D eigenvalue weighted by atomic mass is 10.1. The van der Waals surface area contributed by atoms with Gasteiger partial charge in [-0.25, -0.2) is 0 Å². The number of nitrogens with zero attached hydrogens (tertiary/aromatic N) is 2. The van der Waals surface area contributed by atoms with Crippen LogP contribution in [-0.2, 0) is 9.59 Å². The van der Waals surface area contributed by atoms with E-state index in [1.807, 2.05) is 4.90 Å². The lowest BCUT2D eigenvalue weighted by Crippen LogP contribution is -2.52. The van der Waals surface area contributed by atoms with Crippen LogP contribution in [-0.4, -0.2) is 61.4 Å². The molecule has 0 saturated carbocycles. The summed E-state index contributed by atoms with van der Waals surface area (Å²) < 4.78 is 0. The average molecular weight is 211 g/mol. The number of carbonyl (C=O) groups is 2. The third-order valence-electron chi connectivity index (χ3n) is 3.02. The quantitative estimate of drug-likeness (QED) is 0.589. The Hall–Kier alpha value is -0.940. The van der Waals surface area contributed by atoms with Crippen molar-refractivity contribution in [3.05, 3.63) is 0 Å². The van der Waals surface area contributed by atoms with Gasteiger partial charge in [-0.15, -0.1) is 0 Å². The van der Waals surface area contributed by atoms with E-state index in [2.05, 4.69) is 17.3 Å². The van der Waals surface area contributed by atoms with E-state index < -0.39 is 0 Å². The van der Waals surface area contributed by atoms with Crippen molar-refractivity contribution in [1.82, 2.24) is 15.1 Å². The monoisotopic (exact) mass is 211 g/mol. The van der Waals surface area contributed by atoms with Crippen LogP contribution in [0.5, 0.6) is 0 Å². The summed E-state index contributed by atoms with van der Waals surface area (Å²) in [5, 5.41) is 2.31. The highest BCUT2D eigenvalue weighted by Gasteiger charge is 2.27. The van der Waals surface area contributed by atoms with Crippen molar-refractivity contribution in [3.63, 3.8) is 0 Å². The van der Waals surface area contributed by atoms with Crippen molar-refractivity contribution < 1.29 is 9.59 Å². The second-order valence-electron chi connectivity index (χ2n) is 4.56. The summed E-state index contributed by atoms with van der Waals surface area (Å²) in [4.78, 5) is 26.5. The number of hydrogen-bond acceptors (Lipinski definition) is 4. The van der Waals surface area contributed by atoms with Crippen LogP contribution in [0.1, 0.15) is 6.42 Å². The van der Waals surface area contributed by atoms with Crippen LogP contribution in [0.15, 0.2) is 0 Å². The van der Waals surface area contributed by atoms with Gasteiger partial charge in [0.05, 0.1) is 13.1 Å². The maximum absolute atomic E-state index is 11.1. The molecule has 2 rings (SSSR count). The lowest BCUT2D eigenvalue weighted by molar-refractivity contribution is -0.136. The molecule has 5 heteroatoms. The summed E-state index contributed by atoms with van der Waals surface area (Å²) in [6.45, 7) is 3.80. The van der Waals surface area contributed by atoms with E-state index >= 15 is 0 Å². The molecule has 15 heavy (non-hydrogen) atoms. The van der Waals surface area contributed by atoms with Gasteiger partial charge in [0.25, 0.3) is 0 Å². The van der Waals surface area contributed by atoms with Gasteiger partial charge in [-0.05, 0) is 25.9 Å². The first-order valence-corrected chi connectivity index (χ1v) is 5.37. The molecule has 2 amide bonds. The molecule has 0 aromatic heterocycles. The molecule has 2 aliphatic heterocycles. The van der Waals surface area contributed by atoms with E-state index in [4.69, 9.17) is 0 Å². The largest absolute Gasteiger partial charge is 0.306 e. The molecule has 2 saturated heterocycles. The van der Waals surface area contributed by atoms with Gasteiger partial charge in [0.1, 0.15) is 0 Å². The van der Waals surface area contributed by atoms with E-state index in [1.54, 1.807) is 0 Å². The van der Waals surface area contributed by atoms with Gasteiger partial charge in [-0.1, -0.05) is 0 Å². The summed E-state index contributed by atoms with van der Waals surface area (Å²) >= 11 is 0. The van der Waals surface area contributed by atoms with Crippen LogP contribution >= 0.6 is 0 Å². The molecule has 0 spiro atoms. The average Bonchev–Trinajstić information content (AvgIpc) is 2.49. The third kappa shape index (κ3) is 2.76. The molecule has 2 aliphatic rings. The minimum absolute atomic E-state index is 0.169. The number of rotatable bonds is 2. The standard InChI is InChI=1S/C10H17N3O2/c1-12-3-2-8(4-12)5-13-6-9(14)11-10(15)7-13/h8H,2-7H2,1H3,(H,11,14,15). The molecule has 0 bridgehead atoms. The molecule has 84 valence electrons. The smallest absolute Gasteiger partial charge is 0.240 e. The molecule has 0 aromatic carbocycles. The van der Waals surface area contributed by atoms with Crippen molar-refractivity contribution >= 4 is 11.8 Å². The fraction of sp³-hybridized carbons (Fsp3) is 0.800. The maximum Gasteiger partial charge on any atom is 0.240 e. The normalized spacial score (nSPS) is 29.5. The van der Waals surface area contributed by atoms with E-state index in [9.17, 15) is 9.59 Å². The second-order valence-corrected chi connectivity index (χ2v) is 4.56. The van der Waals surface area contributed by atoms with Crippen LogP contribution in [0.25, 0.3) is 0 Å². The van der Waals surface area contributed by atoms with Crippen molar-refractivity contribution in [2.24, 2.45) is 5.92 Å². The summed E-state index contributed by atoms with van der Waals surface area (Å²) in [5.74, 6) is 0.268. The topological polar surface area (TPSA) is 52.6 Å².